The number of hydrogen-bond acceptors (Lipinski definition) is 3. The van der Waals surface area contributed by atoms with Crippen LogP contribution >= 0.6 is 28.3 Å². The van der Waals surface area contributed by atoms with Crippen molar-refractivity contribution in [3.05, 3.63) is 22.2 Å². The van der Waals surface area contributed by atoms with Crippen LogP contribution in [0, 0.1) is 0 Å². The molecule has 1 aromatic carbocycles. The lowest BCUT2D eigenvalue weighted by atomic mass is 10.2. The maximum Gasteiger partial charge on any atom is 0.175 e. The number of hydrogen-bond donors (Lipinski definition) is 1. The fourth-order valence-electron chi connectivity index (χ4n) is 1.87. The van der Waals surface area contributed by atoms with Gasteiger partial charge in [-0.1, -0.05) is 20.3 Å². The van der Waals surface area contributed by atoms with Gasteiger partial charge in [0.05, 0.1) is 17.7 Å². The standard InChI is InChI=1S/C16H26BrNO2.ClH/c1-4-7-8-18-12-13-10-14(17)16(20-9-5-2)15(11-13)19-6-3;/h10-11,18H,4-9,12H2,1-3H3;1H. The van der Waals surface area contributed by atoms with Crippen molar-refractivity contribution in [1.82, 2.24) is 5.32 Å². The number of unbranched alkanes of at least 4 members (excludes halogenated alkanes) is 1. The quantitative estimate of drug-likeness (QED) is 0.583. The van der Waals surface area contributed by atoms with E-state index in [4.69, 9.17) is 9.47 Å². The zero-order valence-electron chi connectivity index (χ0n) is 13.2. The van der Waals surface area contributed by atoms with Gasteiger partial charge < -0.3 is 14.8 Å². The summed E-state index contributed by atoms with van der Waals surface area (Å²) in [6, 6.07) is 4.17. The Morgan fingerprint density at radius 1 is 1.10 bits per heavy atom. The fourth-order valence-corrected chi connectivity index (χ4v) is 2.47. The molecule has 1 N–H and O–H groups in total. The molecule has 1 rings (SSSR count). The van der Waals surface area contributed by atoms with Gasteiger partial charge in [-0.15, -0.1) is 12.4 Å². The summed E-state index contributed by atoms with van der Waals surface area (Å²) in [5.41, 5.74) is 1.21. The summed E-state index contributed by atoms with van der Waals surface area (Å²) in [6.07, 6.45) is 3.40. The molecule has 0 aliphatic carbocycles. The SMILES string of the molecule is CCCCNCc1cc(Br)c(OCCC)c(OCC)c1.Cl. The van der Waals surface area contributed by atoms with E-state index in [1.54, 1.807) is 0 Å². The molecule has 1 aromatic rings. The van der Waals surface area contributed by atoms with Crippen molar-refractivity contribution in [3.8, 4) is 11.5 Å². The smallest absolute Gasteiger partial charge is 0.175 e. The summed E-state index contributed by atoms with van der Waals surface area (Å²) < 4.78 is 12.4. The lowest BCUT2D eigenvalue weighted by molar-refractivity contribution is 0.275. The molecular weight excluding hydrogens is 354 g/mol. The topological polar surface area (TPSA) is 30.5 Å². The molecule has 0 unspecified atom stereocenters. The summed E-state index contributed by atoms with van der Waals surface area (Å²) >= 11 is 3.59. The molecule has 0 atom stereocenters. The molecule has 0 amide bonds. The molecule has 0 heterocycles. The van der Waals surface area contributed by atoms with E-state index in [9.17, 15) is 0 Å². The van der Waals surface area contributed by atoms with E-state index in [-0.39, 0.29) is 12.4 Å². The van der Waals surface area contributed by atoms with Gasteiger partial charge in [-0.05, 0) is 59.9 Å². The van der Waals surface area contributed by atoms with E-state index >= 15 is 0 Å². The van der Waals surface area contributed by atoms with Crippen LogP contribution in [0.15, 0.2) is 16.6 Å². The van der Waals surface area contributed by atoms with Crippen LogP contribution in [0.2, 0.25) is 0 Å². The van der Waals surface area contributed by atoms with E-state index in [1.165, 1.54) is 18.4 Å². The van der Waals surface area contributed by atoms with Gasteiger partial charge in [0.2, 0.25) is 0 Å². The number of ether oxygens (including phenoxy) is 2. The summed E-state index contributed by atoms with van der Waals surface area (Å²) in [7, 11) is 0. The van der Waals surface area contributed by atoms with Crippen LogP contribution in [0.25, 0.3) is 0 Å². The van der Waals surface area contributed by atoms with Gasteiger partial charge >= 0.3 is 0 Å². The van der Waals surface area contributed by atoms with Crippen molar-refractivity contribution in [2.24, 2.45) is 0 Å². The summed E-state index contributed by atoms with van der Waals surface area (Å²) in [5, 5.41) is 3.44. The molecule has 0 radical (unpaired) electrons. The third-order valence-electron chi connectivity index (χ3n) is 2.86. The highest BCUT2D eigenvalue weighted by molar-refractivity contribution is 9.10. The predicted octanol–water partition coefficient (Wildman–Crippen LogP) is 4.95. The Hall–Kier alpha value is -0.450. The Labute approximate surface area is 143 Å². The van der Waals surface area contributed by atoms with Gasteiger partial charge in [-0.3, -0.25) is 0 Å². The molecule has 0 bridgehead atoms. The zero-order chi connectivity index (χ0) is 14.8. The largest absolute Gasteiger partial charge is 0.490 e. The average molecular weight is 381 g/mol. The maximum atomic E-state index is 5.78. The molecule has 0 spiro atoms. The van der Waals surface area contributed by atoms with E-state index in [2.05, 4.69) is 47.2 Å². The van der Waals surface area contributed by atoms with Crippen LogP contribution < -0.4 is 14.8 Å². The predicted molar refractivity (Wildman–Crippen MR) is 95.0 cm³/mol. The number of nitrogens with one attached hydrogen (secondary N) is 1. The molecule has 0 aliphatic rings. The molecule has 5 heteroatoms. The highest BCUT2D eigenvalue weighted by Gasteiger charge is 2.11. The van der Waals surface area contributed by atoms with Crippen molar-refractivity contribution in [2.75, 3.05) is 19.8 Å². The highest BCUT2D eigenvalue weighted by atomic mass is 79.9. The van der Waals surface area contributed by atoms with Crippen LogP contribution in [0.5, 0.6) is 11.5 Å². The van der Waals surface area contributed by atoms with Gasteiger partial charge in [0, 0.05) is 6.54 Å². The first-order valence-electron chi connectivity index (χ1n) is 7.51. The van der Waals surface area contributed by atoms with Crippen LogP contribution in [-0.2, 0) is 6.54 Å². The van der Waals surface area contributed by atoms with Crippen LogP contribution in [0.4, 0.5) is 0 Å². The van der Waals surface area contributed by atoms with Gasteiger partial charge in [0.25, 0.3) is 0 Å². The molecule has 122 valence electrons. The molecule has 0 saturated heterocycles. The van der Waals surface area contributed by atoms with Gasteiger partial charge in [-0.25, -0.2) is 0 Å². The highest BCUT2D eigenvalue weighted by Crippen LogP contribution is 2.37. The lowest BCUT2D eigenvalue weighted by Crippen LogP contribution is -2.14. The summed E-state index contributed by atoms with van der Waals surface area (Å²) in [5.74, 6) is 1.63. The zero-order valence-corrected chi connectivity index (χ0v) is 15.6. The minimum absolute atomic E-state index is 0. The van der Waals surface area contributed by atoms with Gasteiger partial charge in [0.1, 0.15) is 0 Å². The third-order valence-corrected chi connectivity index (χ3v) is 3.44. The number of rotatable bonds is 10. The maximum absolute atomic E-state index is 5.78. The molecule has 0 aliphatic heterocycles. The number of benzene rings is 1. The molecule has 0 aromatic heterocycles. The summed E-state index contributed by atoms with van der Waals surface area (Å²) in [4.78, 5) is 0. The normalized spacial score (nSPS) is 10.1. The Kier molecular flexibility index (Phi) is 11.9. The second-order valence-corrected chi connectivity index (χ2v) is 5.57. The van der Waals surface area contributed by atoms with E-state index in [0.29, 0.717) is 13.2 Å². The van der Waals surface area contributed by atoms with Crippen LogP contribution in [0.3, 0.4) is 0 Å². The average Bonchev–Trinajstić information content (AvgIpc) is 2.43. The van der Waals surface area contributed by atoms with Gasteiger partial charge in [0.15, 0.2) is 11.5 Å². The first kappa shape index (κ1) is 20.6. The van der Waals surface area contributed by atoms with Gasteiger partial charge in [-0.2, -0.15) is 0 Å². The molecular formula is C16H27BrClNO2. The first-order valence-corrected chi connectivity index (χ1v) is 8.30. The van der Waals surface area contributed by atoms with Crippen molar-refractivity contribution < 1.29 is 9.47 Å². The van der Waals surface area contributed by atoms with Crippen molar-refractivity contribution >= 4 is 28.3 Å². The Bertz CT molecular complexity index is 402. The number of halogens is 2. The summed E-state index contributed by atoms with van der Waals surface area (Å²) in [6.45, 7) is 9.53. The second-order valence-electron chi connectivity index (χ2n) is 4.72. The van der Waals surface area contributed by atoms with E-state index in [1.807, 2.05) is 6.92 Å². The molecule has 0 saturated carbocycles. The Balaban J connectivity index is 0.00000400. The first-order chi connectivity index (χ1) is 9.72. The molecule has 3 nitrogen and oxygen atoms in total. The van der Waals surface area contributed by atoms with E-state index in [0.717, 1.165) is 35.5 Å². The van der Waals surface area contributed by atoms with Crippen molar-refractivity contribution in [3.63, 3.8) is 0 Å². The molecule has 0 fully saturated rings. The fraction of sp³-hybridized carbons (Fsp3) is 0.625. The third kappa shape index (κ3) is 7.39. The molecule has 21 heavy (non-hydrogen) atoms. The minimum atomic E-state index is 0. The van der Waals surface area contributed by atoms with Crippen molar-refractivity contribution in [1.29, 1.82) is 0 Å². The second kappa shape index (κ2) is 12.1. The van der Waals surface area contributed by atoms with E-state index < -0.39 is 0 Å². The monoisotopic (exact) mass is 379 g/mol. The van der Waals surface area contributed by atoms with Crippen LogP contribution in [0.1, 0.15) is 45.6 Å². The van der Waals surface area contributed by atoms with Crippen molar-refractivity contribution in [2.45, 2.75) is 46.6 Å². The Morgan fingerprint density at radius 2 is 1.86 bits per heavy atom. The minimum Gasteiger partial charge on any atom is -0.490 e. The Morgan fingerprint density at radius 3 is 2.48 bits per heavy atom. The lowest BCUT2D eigenvalue weighted by Gasteiger charge is -2.15. The van der Waals surface area contributed by atoms with Crippen LogP contribution in [-0.4, -0.2) is 19.8 Å².